The van der Waals surface area contributed by atoms with Gasteiger partial charge in [0.15, 0.2) is 0 Å². The average molecular weight is 289 g/mol. The second-order valence-corrected chi connectivity index (χ2v) is 5.23. The molecule has 0 amide bonds. The van der Waals surface area contributed by atoms with Crippen LogP contribution in [0.1, 0.15) is 24.8 Å². The maximum absolute atomic E-state index is 5.82. The molecule has 0 unspecified atom stereocenters. The van der Waals surface area contributed by atoms with Gasteiger partial charge in [-0.05, 0) is 37.0 Å². The van der Waals surface area contributed by atoms with E-state index in [1.807, 2.05) is 0 Å². The van der Waals surface area contributed by atoms with Crippen LogP contribution in [0.25, 0.3) is 0 Å². The fraction of sp³-hybridized carbons (Fsp3) is 0.500. The Morgan fingerprint density at radius 3 is 2.67 bits per heavy atom. The van der Waals surface area contributed by atoms with E-state index in [9.17, 15) is 0 Å². The van der Waals surface area contributed by atoms with Gasteiger partial charge in [0.2, 0.25) is 0 Å². The second-order valence-electron chi connectivity index (χ2n) is 4.10. The molecule has 82 valence electrons. The molecule has 1 fully saturated rings. The van der Waals surface area contributed by atoms with E-state index < -0.39 is 0 Å². The lowest BCUT2D eigenvalue weighted by Gasteiger charge is -2.36. The quantitative estimate of drug-likeness (QED) is 0.754. The molecule has 1 aliphatic rings. The molecule has 1 saturated carbocycles. The van der Waals surface area contributed by atoms with Crippen LogP contribution in [0, 0.1) is 0 Å². The smallest absolute Gasteiger partial charge is 0.0485 e. The van der Waals surface area contributed by atoms with E-state index in [2.05, 4.69) is 46.1 Å². The molecule has 0 heterocycles. The first-order chi connectivity index (χ1) is 7.22. The molecule has 0 aliphatic heterocycles. The van der Waals surface area contributed by atoms with Crippen molar-refractivity contribution in [3.63, 3.8) is 0 Å². The van der Waals surface area contributed by atoms with Gasteiger partial charge in [-0.1, -0.05) is 22.0 Å². The summed E-state index contributed by atoms with van der Waals surface area (Å²) in [5, 5.41) is 0. The normalized spacial score (nSPS) is 16.2. The van der Waals surface area contributed by atoms with Crippen molar-refractivity contribution in [2.75, 3.05) is 11.9 Å². The fourth-order valence-corrected chi connectivity index (χ4v) is 2.75. The molecular formula is C12H15BrClN. The standard InChI is InChI=1S/C12H15BrClN/c1-15(10-3-2-4-10)11-6-5-9(8-14)12(13)7-11/h5-7,10H,2-4,8H2,1H3. The highest BCUT2D eigenvalue weighted by Gasteiger charge is 2.22. The molecule has 0 bridgehead atoms. The van der Waals surface area contributed by atoms with Crippen LogP contribution in [0.3, 0.4) is 0 Å². The molecule has 1 aromatic rings. The van der Waals surface area contributed by atoms with Crippen molar-refractivity contribution >= 4 is 33.2 Å². The van der Waals surface area contributed by atoms with Crippen LogP contribution in [0.5, 0.6) is 0 Å². The van der Waals surface area contributed by atoms with Gasteiger partial charge >= 0.3 is 0 Å². The van der Waals surface area contributed by atoms with Crippen molar-refractivity contribution in [1.29, 1.82) is 0 Å². The van der Waals surface area contributed by atoms with E-state index in [1.54, 1.807) is 0 Å². The summed E-state index contributed by atoms with van der Waals surface area (Å²) >= 11 is 9.38. The number of benzene rings is 1. The third-order valence-electron chi connectivity index (χ3n) is 3.21. The molecule has 3 heteroatoms. The fourth-order valence-electron chi connectivity index (χ4n) is 1.85. The van der Waals surface area contributed by atoms with E-state index in [1.165, 1.54) is 24.9 Å². The highest BCUT2D eigenvalue weighted by atomic mass is 79.9. The van der Waals surface area contributed by atoms with Gasteiger partial charge in [0.05, 0.1) is 0 Å². The Balaban J connectivity index is 2.17. The van der Waals surface area contributed by atoms with Crippen LogP contribution >= 0.6 is 27.5 Å². The van der Waals surface area contributed by atoms with Gasteiger partial charge in [0.1, 0.15) is 0 Å². The zero-order valence-corrected chi connectivity index (χ0v) is 11.2. The molecule has 1 aliphatic carbocycles. The van der Waals surface area contributed by atoms with Crippen molar-refractivity contribution in [3.8, 4) is 0 Å². The molecule has 0 saturated heterocycles. The zero-order valence-electron chi connectivity index (χ0n) is 8.84. The highest BCUT2D eigenvalue weighted by Crippen LogP contribution is 2.31. The lowest BCUT2D eigenvalue weighted by atomic mass is 9.91. The maximum atomic E-state index is 5.82. The van der Waals surface area contributed by atoms with E-state index in [4.69, 9.17) is 11.6 Å². The number of alkyl halides is 1. The van der Waals surface area contributed by atoms with E-state index in [0.717, 1.165) is 16.1 Å². The Morgan fingerprint density at radius 1 is 1.47 bits per heavy atom. The third-order valence-corrected chi connectivity index (χ3v) is 4.24. The lowest BCUT2D eigenvalue weighted by Crippen LogP contribution is -2.37. The Labute approximate surface area is 105 Å². The third kappa shape index (κ3) is 2.31. The zero-order chi connectivity index (χ0) is 10.8. The largest absolute Gasteiger partial charge is 0.372 e. The van der Waals surface area contributed by atoms with Crippen LogP contribution in [0.4, 0.5) is 5.69 Å². The Bertz CT molecular complexity index is 349. The first-order valence-corrected chi connectivity index (χ1v) is 6.62. The number of halogens is 2. The van der Waals surface area contributed by atoms with Gasteiger partial charge in [0, 0.05) is 29.1 Å². The number of hydrogen-bond acceptors (Lipinski definition) is 1. The van der Waals surface area contributed by atoms with Gasteiger partial charge in [-0.15, -0.1) is 11.6 Å². The number of rotatable bonds is 3. The summed E-state index contributed by atoms with van der Waals surface area (Å²) in [6, 6.07) is 7.15. The number of hydrogen-bond donors (Lipinski definition) is 0. The Kier molecular flexibility index (Phi) is 3.57. The molecular weight excluding hydrogens is 273 g/mol. The van der Waals surface area contributed by atoms with Gasteiger partial charge in [-0.25, -0.2) is 0 Å². The number of anilines is 1. The van der Waals surface area contributed by atoms with Crippen LogP contribution in [0.2, 0.25) is 0 Å². The summed E-state index contributed by atoms with van der Waals surface area (Å²) in [6.45, 7) is 0. The van der Waals surface area contributed by atoms with E-state index in [-0.39, 0.29) is 0 Å². The van der Waals surface area contributed by atoms with Crippen LogP contribution < -0.4 is 4.90 Å². The van der Waals surface area contributed by atoms with Crippen molar-refractivity contribution in [3.05, 3.63) is 28.2 Å². The molecule has 1 nitrogen and oxygen atoms in total. The second kappa shape index (κ2) is 4.75. The average Bonchev–Trinajstić information content (AvgIpc) is 2.15. The van der Waals surface area contributed by atoms with Crippen LogP contribution in [-0.2, 0) is 5.88 Å². The van der Waals surface area contributed by atoms with Gasteiger partial charge in [-0.3, -0.25) is 0 Å². The van der Waals surface area contributed by atoms with Crippen molar-refractivity contribution in [2.24, 2.45) is 0 Å². The van der Waals surface area contributed by atoms with Crippen molar-refractivity contribution in [2.45, 2.75) is 31.2 Å². The molecule has 1 aromatic carbocycles. The molecule has 0 atom stereocenters. The summed E-state index contributed by atoms with van der Waals surface area (Å²) < 4.78 is 1.11. The van der Waals surface area contributed by atoms with Gasteiger partial charge in [0.25, 0.3) is 0 Å². The van der Waals surface area contributed by atoms with Crippen LogP contribution in [-0.4, -0.2) is 13.1 Å². The maximum Gasteiger partial charge on any atom is 0.0485 e. The minimum absolute atomic E-state index is 0.563. The molecule has 15 heavy (non-hydrogen) atoms. The molecule has 2 rings (SSSR count). The summed E-state index contributed by atoms with van der Waals surface area (Å²) in [4.78, 5) is 2.37. The molecule has 0 radical (unpaired) electrons. The highest BCUT2D eigenvalue weighted by molar-refractivity contribution is 9.10. The summed E-state index contributed by atoms with van der Waals surface area (Å²) in [7, 11) is 2.17. The van der Waals surface area contributed by atoms with Crippen molar-refractivity contribution < 1.29 is 0 Å². The first kappa shape index (κ1) is 11.3. The molecule has 0 N–H and O–H groups in total. The van der Waals surface area contributed by atoms with E-state index >= 15 is 0 Å². The monoisotopic (exact) mass is 287 g/mol. The summed E-state index contributed by atoms with van der Waals surface area (Å²) in [5.41, 5.74) is 2.43. The SMILES string of the molecule is CN(c1ccc(CCl)c(Br)c1)C1CCC1. The van der Waals surface area contributed by atoms with Gasteiger partial charge < -0.3 is 4.90 Å². The number of nitrogens with zero attached hydrogens (tertiary/aromatic N) is 1. The van der Waals surface area contributed by atoms with Crippen molar-refractivity contribution in [1.82, 2.24) is 0 Å². The van der Waals surface area contributed by atoms with E-state index in [0.29, 0.717) is 5.88 Å². The minimum atomic E-state index is 0.563. The summed E-state index contributed by atoms with van der Waals surface area (Å²) in [5.74, 6) is 0.563. The van der Waals surface area contributed by atoms with Gasteiger partial charge in [-0.2, -0.15) is 0 Å². The minimum Gasteiger partial charge on any atom is -0.372 e. The Hall–Kier alpha value is -0.210. The Morgan fingerprint density at radius 2 is 2.20 bits per heavy atom. The molecule has 0 aromatic heterocycles. The predicted molar refractivity (Wildman–Crippen MR) is 69.7 cm³/mol. The summed E-state index contributed by atoms with van der Waals surface area (Å²) in [6.07, 6.45) is 4.02. The van der Waals surface area contributed by atoms with Crippen LogP contribution in [0.15, 0.2) is 22.7 Å². The first-order valence-electron chi connectivity index (χ1n) is 5.29. The predicted octanol–water partition coefficient (Wildman–Crippen LogP) is 4.18. The molecule has 0 spiro atoms. The lowest BCUT2D eigenvalue weighted by molar-refractivity contribution is 0.401. The topological polar surface area (TPSA) is 3.24 Å².